The van der Waals surface area contributed by atoms with Crippen molar-refractivity contribution < 1.29 is 13.7 Å². The van der Waals surface area contributed by atoms with E-state index in [-0.39, 0.29) is 5.25 Å². The van der Waals surface area contributed by atoms with Crippen molar-refractivity contribution in [2.45, 2.75) is 29.9 Å². The van der Waals surface area contributed by atoms with Crippen molar-refractivity contribution in [3.8, 4) is 17.6 Å². The second-order valence-corrected chi connectivity index (χ2v) is 5.73. The van der Waals surface area contributed by atoms with E-state index in [1.165, 1.54) is 0 Å². The first-order chi connectivity index (χ1) is 8.76. The van der Waals surface area contributed by atoms with Gasteiger partial charge >= 0.3 is 0 Å². The van der Waals surface area contributed by atoms with E-state index >= 15 is 0 Å². The highest BCUT2D eigenvalue weighted by atomic mass is 32.2. The lowest BCUT2D eigenvalue weighted by Gasteiger charge is -2.19. The molecule has 96 valence electrons. The summed E-state index contributed by atoms with van der Waals surface area (Å²) >= 11 is 0. The van der Waals surface area contributed by atoms with Gasteiger partial charge < -0.3 is 9.47 Å². The van der Waals surface area contributed by atoms with Crippen LogP contribution in [0.2, 0.25) is 0 Å². The molecule has 1 aliphatic rings. The fourth-order valence-electron chi connectivity index (χ4n) is 1.81. The number of hydrogen-bond donors (Lipinski definition) is 0. The summed E-state index contributed by atoms with van der Waals surface area (Å²) in [5.41, 5.74) is 0. The normalized spacial score (nSPS) is 16.7. The Morgan fingerprint density at radius 2 is 2.11 bits per heavy atom. The Kier molecular flexibility index (Phi) is 4.21. The van der Waals surface area contributed by atoms with E-state index in [0.717, 1.165) is 0 Å². The van der Waals surface area contributed by atoms with Crippen molar-refractivity contribution in [2.75, 3.05) is 13.2 Å². The molecule has 5 heteroatoms. The predicted molar refractivity (Wildman–Crippen MR) is 68.1 cm³/mol. The highest BCUT2D eigenvalue weighted by Crippen LogP contribution is 2.32. The molecule has 0 amide bonds. The van der Waals surface area contributed by atoms with Crippen molar-refractivity contribution in [2.24, 2.45) is 0 Å². The van der Waals surface area contributed by atoms with Crippen LogP contribution in [0, 0.1) is 11.3 Å². The van der Waals surface area contributed by atoms with E-state index in [1.807, 2.05) is 6.92 Å². The number of rotatable bonds is 4. The maximum atomic E-state index is 12.3. The Morgan fingerprint density at radius 1 is 1.39 bits per heavy atom. The Hall–Kier alpha value is -1.54. The summed E-state index contributed by atoms with van der Waals surface area (Å²) < 4.78 is 23.2. The van der Waals surface area contributed by atoms with E-state index in [2.05, 4.69) is 6.07 Å². The Morgan fingerprint density at radius 3 is 2.78 bits per heavy atom. The average molecular weight is 265 g/mol. The van der Waals surface area contributed by atoms with Gasteiger partial charge in [0.15, 0.2) is 11.5 Å². The summed E-state index contributed by atoms with van der Waals surface area (Å²) in [6.45, 7) is 3.00. The molecule has 18 heavy (non-hydrogen) atoms. The lowest BCUT2D eigenvalue weighted by atomic mass is 10.3. The molecule has 0 bridgehead atoms. The van der Waals surface area contributed by atoms with Crippen LogP contribution in [0.1, 0.15) is 19.8 Å². The molecular weight excluding hydrogens is 250 g/mol. The summed E-state index contributed by atoms with van der Waals surface area (Å²) in [5, 5.41) is 8.60. The minimum absolute atomic E-state index is 0.127. The Bertz CT molecular complexity index is 495. The summed E-state index contributed by atoms with van der Waals surface area (Å²) in [5.74, 6) is 1.33. The SMILES string of the molecule is CCC(CC#N)S(=O)c1ccc2c(c1)OCCO2. The van der Waals surface area contributed by atoms with Crippen LogP contribution in [0.25, 0.3) is 0 Å². The standard InChI is InChI=1S/C13H15NO3S/c1-2-10(5-6-14)18(15)11-3-4-12-13(9-11)17-8-7-16-12/h3-4,9-10H,2,5,7-8H2,1H3. The molecule has 1 aliphatic heterocycles. The van der Waals surface area contributed by atoms with Gasteiger partial charge in [-0.2, -0.15) is 5.26 Å². The largest absolute Gasteiger partial charge is 0.486 e. The summed E-state index contributed by atoms with van der Waals surface area (Å²) in [4.78, 5) is 0.696. The molecule has 1 heterocycles. The van der Waals surface area contributed by atoms with Gasteiger partial charge in [-0.1, -0.05) is 6.92 Å². The maximum Gasteiger partial charge on any atom is 0.162 e. The number of ether oxygens (including phenoxy) is 2. The Labute approximate surface area is 109 Å². The van der Waals surface area contributed by atoms with Crippen LogP contribution in [0.15, 0.2) is 23.1 Å². The lowest BCUT2D eigenvalue weighted by Crippen LogP contribution is -2.17. The predicted octanol–water partition coefficient (Wildman–Crippen LogP) is 2.26. The van der Waals surface area contributed by atoms with Crippen LogP contribution in [0.4, 0.5) is 0 Å². The third-order valence-electron chi connectivity index (χ3n) is 2.82. The van der Waals surface area contributed by atoms with Gasteiger partial charge in [-0.15, -0.1) is 0 Å². The first-order valence-electron chi connectivity index (χ1n) is 5.93. The quantitative estimate of drug-likeness (QED) is 0.837. The molecule has 0 fully saturated rings. The van der Waals surface area contributed by atoms with Gasteiger partial charge in [0.25, 0.3) is 0 Å². The van der Waals surface area contributed by atoms with Crippen LogP contribution in [0.5, 0.6) is 11.5 Å². The van der Waals surface area contributed by atoms with Gasteiger partial charge in [-0.25, -0.2) is 0 Å². The maximum absolute atomic E-state index is 12.3. The zero-order valence-electron chi connectivity index (χ0n) is 10.2. The molecule has 0 aromatic heterocycles. The van der Waals surface area contributed by atoms with Gasteiger partial charge in [0.2, 0.25) is 0 Å². The van der Waals surface area contributed by atoms with Crippen molar-refractivity contribution in [1.29, 1.82) is 5.26 Å². The third kappa shape index (κ3) is 2.65. The summed E-state index contributed by atoms with van der Waals surface area (Å²) in [7, 11) is -1.18. The van der Waals surface area contributed by atoms with Crippen LogP contribution in [0.3, 0.4) is 0 Å². The minimum Gasteiger partial charge on any atom is -0.486 e. The number of nitrogens with zero attached hydrogens (tertiary/aromatic N) is 1. The molecule has 0 spiro atoms. The molecule has 1 aromatic rings. The van der Waals surface area contributed by atoms with Crippen LogP contribution < -0.4 is 9.47 Å². The number of fused-ring (bicyclic) bond motifs is 1. The van der Waals surface area contributed by atoms with Gasteiger partial charge in [-0.05, 0) is 18.6 Å². The first-order valence-corrected chi connectivity index (χ1v) is 7.14. The van der Waals surface area contributed by atoms with E-state index in [4.69, 9.17) is 14.7 Å². The first kappa shape index (κ1) is 12.9. The summed E-state index contributed by atoms with van der Waals surface area (Å²) in [6.07, 6.45) is 1.02. The number of nitriles is 1. The highest BCUT2D eigenvalue weighted by molar-refractivity contribution is 7.85. The monoisotopic (exact) mass is 265 g/mol. The van der Waals surface area contributed by atoms with Crippen molar-refractivity contribution in [1.82, 2.24) is 0 Å². The Balaban J connectivity index is 2.23. The molecule has 2 unspecified atom stereocenters. The van der Waals surface area contributed by atoms with E-state index < -0.39 is 10.8 Å². The van der Waals surface area contributed by atoms with E-state index in [0.29, 0.717) is 42.4 Å². The molecular formula is C13H15NO3S. The van der Waals surface area contributed by atoms with Gasteiger partial charge in [0.05, 0.1) is 22.1 Å². The number of benzene rings is 1. The molecule has 0 radical (unpaired) electrons. The summed E-state index contributed by atoms with van der Waals surface area (Å²) in [6, 6.07) is 7.40. The van der Waals surface area contributed by atoms with Crippen LogP contribution >= 0.6 is 0 Å². The molecule has 0 aliphatic carbocycles. The van der Waals surface area contributed by atoms with E-state index in [1.54, 1.807) is 18.2 Å². The van der Waals surface area contributed by atoms with Crippen molar-refractivity contribution >= 4 is 10.8 Å². The molecule has 4 nitrogen and oxygen atoms in total. The van der Waals surface area contributed by atoms with Gasteiger partial charge in [0.1, 0.15) is 13.2 Å². The number of hydrogen-bond acceptors (Lipinski definition) is 4. The van der Waals surface area contributed by atoms with Crippen molar-refractivity contribution in [3.63, 3.8) is 0 Å². The molecule has 0 saturated heterocycles. The third-order valence-corrected chi connectivity index (χ3v) is 4.65. The van der Waals surface area contributed by atoms with E-state index in [9.17, 15) is 4.21 Å². The average Bonchev–Trinajstić information content (AvgIpc) is 2.43. The lowest BCUT2D eigenvalue weighted by molar-refractivity contribution is 0.171. The molecule has 0 N–H and O–H groups in total. The fourth-order valence-corrected chi connectivity index (χ4v) is 3.15. The molecule has 0 saturated carbocycles. The zero-order chi connectivity index (χ0) is 13.0. The second-order valence-electron chi connectivity index (χ2n) is 4.00. The van der Waals surface area contributed by atoms with Crippen LogP contribution in [-0.2, 0) is 10.8 Å². The smallest absolute Gasteiger partial charge is 0.162 e. The molecule has 1 aromatic carbocycles. The van der Waals surface area contributed by atoms with Gasteiger partial charge in [0, 0.05) is 17.4 Å². The zero-order valence-corrected chi connectivity index (χ0v) is 11.0. The van der Waals surface area contributed by atoms with Crippen molar-refractivity contribution in [3.05, 3.63) is 18.2 Å². The fraction of sp³-hybridized carbons (Fsp3) is 0.462. The highest BCUT2D eigenvalue weighted by Gasteiger charge is 2.19. The van der Waals surface area contributed by atoms with Gasteiger partial charge in [-0.3, -0.25) is 4.21 Å². The second kappa shape index (κ2) is 5.87. The minimum atomic E-state index is -1.18. The topological polar surface area (TPSA) is 59.3 Å². The molecule has 2 rings (SSSR count). The van der Waals surface area contributed by atoms with Crippen LogP contribution in [-0.4, -0.2) is 22.7 Å². The molecule has 2 atom stereocenters.